The molecule has 0 spiro atoms. The molecule has 2 aliphatic rings. The summed E-state index contributed by atoms with van der Waals surface area (Å²) in [6, 6.07) is 7.80. The third-order valence-corrected chi connectivity index (χ3v) is 7.28. The topological polar surface area (TPSA) is 78.1 Å². The Kier molecular flexibility index (Phi) is 8.00. The largest absolute Gasteiger partial charge is 0.411 e. The molecule has 2 aromatic rings. The number of nitrogens with zero attached hydrogens (tertiary/aromatic N) is 4. The number of likely N-dealkylation sites (tertiary alicyclic amines) is 1. The Balaban J connectivity index is 1.27. The van der Waals surface area contributed by atoms with Gasteiger partial charge in [0.1, 0.15) is 11.5 Å². The normalized spacial score (nSPS) is 18.8. The molecule has 2 aliphatic heterocycles. The average Bonchev–Trinajstić information content (AvgIpc) is 3.21. The lowest BCUT2D eigenvalue weighted by Gasteiger charge is -2.31. The second kappa shape index (κ2) is 11.2. The monoisotopic (exact) mass is 482 g/mol. The molecule has 1 amide bonds. The minimum Gasteiger partial charge on any atom is -0.411 e. The molecule has 1 saturated heterocycles. The number of halogens is 1. The molecule has 4 rings (SSSR count). The van der Waals surface area contributed by atoms with Crippen molar-refractivity contribution < 1.29 is 19.2 Å². The fourth-order valence-corrected chi connectivity index (χ4v) is 5.21. The van der Waals surface area contributed by atoms with Gasteiger partial charge in [0.25, 0.3) is 5.91 Å². The van der Waals surface area contributed by atoms with Crippen molar-refractivity contribution in [2.45, 2.75) is 58.5 Å². The number of carbonyl (C=O) groups is 2. The second-order valence-electron chi connectivity index (χ2n) is 9.85. The third kappa shape index (κ3) is 5.64. The SMILES string of the molecule is CC(C)N1CCC(=NO)c2ccn(CCCCN3CCC(C(=O)c4ccc(F)cc4)CC3)c2C1=O. The van der Waals surface area contributed by atoms with Crippen LogP contribution in [0.1, 0.15) is 72.4 Å². The number of rotatable bonds is 8. The van der Waals surface area contributed by atoms with E-state index in [1.165, 1.54) is 12.1 Å². The van der Waals surface area contributed by atoms with Gasteiger partial charge >= 0.3 is 0 Å². The van der Waals surface area contributed by atoms with Crippen LogP contribution in [0.3, 0.4) is 0 Å². The summed E-state index contributed by atoms with van der Waals surface area (Å²) in [5, 5.41) is 12.9. The molecule has 1 fully saturated rings. The fourth-order valence-electron chi connectivity index (χ4n) is 5.21. The molecule has 1 aromatic heterocycles. The lowest BCUT2D eigenvalue weighted by atomic mass is 9.89. The van der Waals surface area contributed by atoms with E-state index in [9.17, 15) is 19.2 Å². The third-order valence-electron chi connectivity index (χ3n) is 7.28. The zero-order valence-electron chi connectivity index (χ0n) is 20.6. The van der Waals surface area contributed by atoms with Crippen molar-refractivity contribution in [2.24, 2.45) is 11.1 Å². The van der Waals surface area contributed by atoms with E-state index < -0.39 is 0 Å². The predicted octanol–water partition coefficient (Wildman–Crippen LogP) is 4.43. The summed E-state index contributed by atoms with van der Waals surface area (Å²) in [7, 11) is 0. The van der Waals surface area contributed by atoms with Gasteiger partial charge in [-0.25, -0.2) is 4.39 Å². The number of aromatic nitrogens is 1. The van der Waals surface area contributed by atoms with E-state index in [1.54, 1.807) is 12.1 Å². The van der Waals surface area contributed by atoms with Gasteiger partial charge in [-0.05, 0) is 89.5 Å². The molecule has 0 bridgehead atoms. The van der Waals surface area contributed by atoms with Crippen molar-refractivity contribution in [3.63, 3.8) is 0 Å². The van der Waals surface area contributed by atoms with E-state index in [0.717, 1.165) is 57.4 Å². The fraction of sp³-hybridized carbons (Fsp3) is 0.519. The number of hydrogen-bond acceptors (Lipinski definition) is 5. The minimum atomic E-state index is -0.323. The van der Waals surface area contributed by atoms with Crippen LogP contribution in [0.4, 0.5) is 4.39 Å². The summed E-state index contributed by atoms with van der Waals surface area (Å²) >= 11 is 0. The van der Waals surface area contributed by atoms with Gasteiger partial charge in [0.2, 0.25) is 0 Å². The number of piperidine rings is 1. The molecule has 0 aliphatic carbocycles. The van der Waals surface area contributed by atoms with Gasteiger partial charge in [-0.2, -0.15) is 0 Å². The number of Topliss-reactive ketones (excluding diaryl/α,β-unsaturated/α-hetero) is 1. The molecule has 0 radical (unpaired) electrons. The molecular weight excluding hydrogens is 447 g/mol. The first-order chi connectivity index (χ1) is 16.9. The summed E-state index contributed by atoms with van der Waals surface area (Å²) < 4.78 is 15.1. The molecule has 35 heavy (non-hydrogen) atoms. The highest BCUT2D eigenvalue weighted by molar-refractivity contribution is 6.11. The van der Waals surface area contributed by atoms with Crippen molar-refractivity contribution in [1.82, 2.24) is 14.4 Å². The van der Waals surface area contributed by atoms with Crippen molar-refractivity contribution >= 4 is 17.4 Å². The highest BCUT2D eigenvalue weighted by Gasteiger charge is 2.31. The van der Waals surface area contributed by atoms with Crippen LogP contribution >= 0.6 is 0 Å². The summed E-state index contributed by atoms with van der Waals surface area (Å²) in [4.78, 5) is 30.1. The first-order valence-electron chi connectivity index (χ1n) is 12.6. The van der Waals surface area contributed by atoms with Crippen LogP contribution in [0.25, 0.3) is 0 Å². The molecule has 1 N–H and O–H groups in total. The van der Waals surface area contributed by atoms with E-state index in [4.69, 9.17) is 0 Å². The Morgan fingerprint density at radius 2 is 1.77 bits per heavy atom. The molecule has 3 heterocycles. The number of amides is 1. The first kappa shape index (κ1) is 25.1. The standard InChI is InChI=1S/C27H35FN4O3/c1-19(2)32-18-12-24(29-35)23-11-17-31(25(23)27(32)34)14-4-3-13-30-15-9-21(10-16-30)26(33)20-5-7-22(28)8-6-20/h5-8,11,17,19,21,35H,3-4,9-10,12-16,18H2,1-2H3. The van der Waals surface area contributed by atoms with Crippen molar-refractivity contribution in [3.05, 3.63) is 59.2 Å². The number of fused-ring (bicyclic) bond motifs is 1. The smallest absolute Gasteiger partial charge is 0.271 e. The van der Waals surface area contributed by atoms with Gasteiger partial charge in [0, 0.05) is 48.8 Å². The van der Waals surface area contributed by atoms with Crippen molar-refractivity contribution in [2.75, 3.05) is 26.2 Å². The van der Waals surface area contributed by atoms with Crippen molar-refractivity contribution in [1.29, 1.82) is 0 Å². The zero-order chi connectivity index (χ0) is 24.9. The van der Waals surface area contributed by atoms with Gasteiger partial charge < -0.3 is 19.6 Å². The van der Waals surface area contributed by atoms with E-state index in [1.807, 2.05) is 35.6 Å². The number of unbranched alkanes of at least 4 members (excludes halogenated alkanes) is 1. The molecule has 8 heteroatoms. The molecule has 7 nitrogen and oxygen atoms in total. The molecular formula is C27H35FN4O3. The van der Waals surface area contributed by atoms with Crippen molar-refractivity contribution in [3.8, 4) is 0 Å². The maximum atomic E-state index is 13.2. The van der Waals surface area contributed by atoms with Crippen LogP contribution in [0.2, 0.25) is 0 Å². The number of aryl methyl sites for hydroxylation is 1. The van der Waals surface area contributed by atoms with Crippen LogP contribution in [-0.2, 0) is 6.54 Å². The Morgan fingerprint density at radius 3 is 2.43 bits per heavy atom. The predicted molar refractivity (Wildman–Crippen MR) is 133 cm³/mol. The first-order valence-corrected chi connectivity index (χ1v) is 12.6. The molecule has 0 unspecified atom stereocenters. The number of carbonyl (C=O) groups excluding carboxylic acids is 2. The van der Waals surface area contributed by atoms with Crippen LogP contribution < -0.4 is 0 Å². The summed E-state index contributed by atoms with van der Waals surface area (Å²) in [6.07, 6.45) is 6.03. The van der Waals surface area contributed by atoms with E-state index in [2.05, 4.69) is 10.1 Å². The lowest BCUT2D eigenvalue weighted by Crippen LogP contribution is -2.38. The van der Waals surface area contributed by atoms with Gasteiger partial charge in [-0.15, -0.1) is 0 Å². The highest BCUT2D eigenvalue weighted by Crippen LogP contribution is 2.24. The quantitative estimate of drug-likeness (QED) is 0.261. The average molecular weight is 483 g/mol. The zero-order valence-corrected chi connectivity index (χ0v) is 20.6. The Morgan fingerprint density at radius 1 is 1.09 bits per heavy atom. The maximum absolute atomic E-state index is 13.2. The maximum Gasteiger partial charge on any atom is 0.271 e. The summed E-state index contributed by atoms with van der Waals surface area (Å²) in [5.41, 5.74) is 2.50. The van der Waals surface area contributed by atoms with Gasteiger partial charge in [0.15, 0.2) is 5.78 Å². The van der Waals surface area contributed by atoms with Gasteiger partial charge in [-0.3, -0.25) is 9.59 Å². The van der Waals surface area contributed by atoms with E-state index in [-0.39, 0.29) is 29.5 Å². The van der Waals surface area contributed by atoms with E-state index in [0.29, 0.717) is 29.9 Å². The molecule has 0 saturated carbocycles. The minimum absolute atomic E-state index is 0.00402. The molecule has 188 valence electrons. The van der Waals surface area contributed by atoms with E-state index >= 15 is 0 Å². The lowest BCUT2D eigenvalue weighted by molar-refractivity contribution is 0.0703. The van der Waals surface area contributed by atoms with Crippen LogP contribution in [0, 0.1) is 11.7 Å². The van der Waals surface area contributed by atoms with Crippen LogP contribution in [0.5, 0.6) is 0 Å². The van der Waals surface area contributed by atoms with Gasteiger partial charge in [-0.1, -0.05) is 5.16 Å². The number of oxime groups is 1. The van der Waals surface area contributed by atoms with Crippen LogP contribution in [0.15, 0.2) is 41.7 Å². The molecule has 1 aromatic carbocycles. The summed E-state index contributed by atoms with van der Waals surface area (Å²) in [6.45, 7) is 8.00. The molecule has 0 atom stereocenters. The summed E-state index contributed by atoms with van der Waals surface area (Å²) in [5.74, 6) is -0.212. The highest BCUT2D eigenvalue weighted by atomic mass is 19.1. The Bertz CT molecular complexity index is 1070. The number of hydrogen-bond donors (Lipinski definition) is 1. The number of ketones is 1. The van der Waals surface area contributed by atoms with Gasteiger partial charge in [0.05, 0.1) is 5.71 Å². The Hall–Kier alpha value is -3.00. The number of benzene rings is 1. The Labute approximate surface area is 206 Å². The van der Waals surface area contributed by atoms with Crippen LogP contribution in [-0.4, -0.2) is 69.2 Å². The second-order valence-corrected chi connectivity index (χ2v) is 9.85.